The third-order valence-electron chi connectivity index (χ3n) is 3.29. The van der Waals surface area contributed by atoms with Crippen molar-refractivity contribution >= 4 is 23.2 Å². The molecule has 0 heterocycles. The third kappa shape index (κ3) is 2.83. The number of anilines is 1. The lowest BCUT2D eigenvalue weighted by Crippen LogP contribution is -2.34. The van der Waals surface area contributed by atoms with Crippen molar-refractivity contribution in [3.8, 4) is 6.07 Å². The van der Waals surface area contributed by atoms with E-state index in [-0.39, 0.29) is 5.91 Å². The summed E-state index contributed by atoms with van der Waals surface area (Å²) < 4.78 is 0. The topological polar surface area (TPSA) is 52.9 Å². The number of nitriles is 1. The molecule has 1 aromatic rings. The molecule has 1 aromatic carbocycles. The maximum atomic E-state index is 12.2. The Bertz CT molecular complexity index is 487. The van der Waals surface area contributed by atoms with Gasteiger partial charge in [0.05, 0.1) is 6.07 Å². The maximum Gasteiger partial charge on any atom is 0.244 e. The predicted molar refractivity (Wildman–Crippen MR) is 73.4 cm³/mol. The lowest BCUT2D eigenvalue weighted by molar-refractivity contribution is -0.123. The van der Waals surface area contributed by atoms with Gasteiger partial charge in [-0.1, -0.05) is 25.4 Å². The van der Waals surface area contributed by atoms with Gasteiger partial charge in [0.2, 0.25) is 5.91 Å². The number of halogens is 1. The number of carbonyl (C=O) groups excluding carboxylic acids is 1. The van der Waals surface area contributed by atoms with Crippen LogP contribution in [0.25, 0.3) is 0 Å². The van der Waals surface area contributed by atoms with Crippen LogP contribution in [0.1, 0.15) is 32.3 Å². The summed E-state index contributed by atoms with van der Waals surface area (Å²) in [4.78, 5) is 12.2. The van der Waals surface area contributed by atoms with Gasteiger partial charge in [0, 0.05) is 10.7 Å². The summed E-state index contributed by atoms with van der Waals surface area (Å²) in [6.07, 6.45) is 0.997. The Balaban J connectivity index is 2.97. The summed E-state index contributed by atoms with van der Waals surface area (Å²) in [6.45, 7) is 5.56. The number of carbonyl (C=O) groups is 1. The van der Waals surface area contributed by atoms with Crippen LogP contribution in [0.15, 0.2) is 18.2 Å². The van der Waals surface area contributed by atoms with E-state index in [4.69, 9.17) is 11.6 Å². The molecule has 4 heteroatoms. The fourth-order valence-electron chi connectivity index (χ4n) is 1.79. The lowest BCUT2D eigenvalue weighted by atomic mass is 9.83. The summed E-state index contributed by atoms with van der Waals surface area (Å²) in [5, 5.41) is 12.6. The van der Waals surface area contributed by atoms with Crippen molar-refractivity contribution in [3.05, 3.63) is 28.8 Å². The number of hydrogen-bond acceptors (Lipinski definition) is 2. The van der Waals surface area contributed by atoms with Gasteiger partial charge in [-0.15, -0.1) is 0 Å². The standard InChI is InChI=1S/C14H17ClN2O/c1-4-14(5-2,9-16)13(18)17-12-7-6-11(15)8-10(12)3/h6-8H,4-5H2,1-3H3,(H,17,18). The molecule has 0 aliphatic rings. The average Bonchev–Trinajstić information content (AvgIpc) is 2.36. The van der Waals surface area contributed by atoms with E-state index in [1.54, 1.807) is 18.2 Å². The first-order chi connectivity index (χ1) is 8.49. The van der Waals surface area contributed by atoms with Crippen molar-refractivity contribution in [2.45, 2.75) is 33.6 Å². The number of aryl methyl sites for hydroxylation is 1. The van der Waals surface area contributed by atoms with Crippen molar-refractivity contribution in [1.29, 1.82) is 5.26 Å². The van der Waals surface area contributed by atoms with Crippen LogP contribution < -0.4 is 5.32 Å². The SMILES string of the molecule is CCC(C#N)(CC)C(=O)Nc1ccc(Cl)cc1C. The summed E-state index contributed by atoms with van der Waals surface area (Å²) in [5.74, 6) is -0.250. The van der Waals surface area contributed by atoms with Gasteiger partial charge in [-0.25, -0.2) is 0 Å². The van der Waals surface area contributed by atoms with Crippen LogP contribution in [0.3, 0.4) is 0 Å². The summed E-state index contributed by atoms with van der Waals surface area (Å²) >= 11 is 5.86. The monoisotopic (exact) mass is 264 g/mol. The minimum Gasteiger partial charge on any atom is -0.324 e. The van der Waals surface area contributed by atoms with Gasteiger partial charge in [0.1, 0.15) is 5.41 Å². The third-order valence-corrected chi connectivity index (χ3v) is 3.53. The fraction of sp³-hybridized carbons (Fsp3) is 0.429. The summed E-state index contributed by atoms with van der Waals surface area (Å²) in [7, 11) is 0. The van der Waals surface area contributed by atoms with Crippen molar-refractivity contribution in [2.24, 2.45) is 5.41 Å². The number of nitrogens with one attached hydrogen (secondary N) is 1. The molecule has 0 aromatic heterocycles. The number of rotatable bonds is 4. The molecule has 96 valence electrons. The van der Waals surface area contributed by atoms with Gasteiger partial charge in [0.25, 0.3) is 0 Å². The molecule has 0 saturated carbocycles. The summed E-state index contributed by atoms with van der Waals surface area (Å²) in [6, 6.07) is 7.38. The molecule has 0 atom stereocenters. The molecule has 1 N–H and O–H groups in total. The van der Waals surface area contributed by atoms with Gasteiger partial charge in [0.15, 0.2) is 0 Å². The highest BCUT2D eigenvalue weighted by Crippen LogP contribution is 2.28. The minimum atomic E-state index is -0.952. The Kier molecular flexibility index (Phi) is 4.75. The first-order valence-corrected chi connectivity index (χ1v) is 6.35. The fourth-order valence-corrected chi connectivity index (χ4v) is 2.02. The van der Waals surface area contributed by atoms with E-state index in [0.29, 0.717) is 23.6 Å². The second kappa shape index (κ2) is 5.88. The van der Waals surface area contributed by atoms with Gasteiger partial charge in [-0.05, 0) is 43.5 Å². The van der Waals surface area contributed by atoms with E-state index >= 15 is 0 Å². The number of benzene rings is 1. The molecule has 0 aliphatic carbocycles. The molecule has 0 spiro atoms. The Hall–Kier alpha value is -1.53. The van der Waals surface area contributed by atoms with Crippen molar-refractivity contribution in [2.75, 3.05) is 5.32 Å². The van der Waals surface area contributed by atoms with E-state index in [1.165, 1.54) is 0 Å². The Morgan fingerprint density at radius 3 is 2.50 bits per heavy atom. The average molecular weight is 265 g/mol. The Labute approximate surface area is 113 Å². The normalized spacial score (nSPS) is 10.8. The van der Waals surface area contributed by atoms with Crippen molar-refractivity contribution in [1.82, 2.24) is 0 Å². The highest BCUT2D eigenvalue weighted by Gasteiger charge is 2.35. The quantitative estimate of drug-likeness (QED) is 0.896. The molecule has 1 rings (SSSR count). The zero-order valence-corrected chi connectivity index (χ0v) is 11.6. The van der Waals surface area contributed by atoms with E-state index in [9.17, 15) is 10.1 Å². The largest absolute Gasteiger partial charge is 0.324 e. The van der Waals surface area contributed by atoms with Gasteiger partial charge < -0.3 is 5.32 Å². The first kappa shape index (κ1) is 14.5. The van der Waals surface area contributed by atoms with Crippen LogP contribution in [0.2, 0.25) is 5.02 Å². The molecule has 18 heavy (non-hydrogen) atoms. The van der Waals surface area contributed by atoms with Crippen LogP contribution >= 0.6 is 11.6 Å². The zero-order valence-electron chi connectivity index (χ0n) is 10.9. The van der Waals surface area contributed by atoms with Crippen molar-refractivity contribution in [3.63, 3.8) is 0 Å². The van der Waals surface area contributed by atoms with Gasteiger partial charge in [-0.3, -0.25) is 4.79 Å². The molecule has 1 amide bonds. The van der Waals surface area contributed by atoms with Crippen LogP contribution in [0.4, 0.5) is 5.69 Å². The predicted octanol–water partition coefficient (Wildman–Crippen LogP) is 3.92. The highest BCUT2D eigenvalue weighted by molar-refractivity contribution is 6.30. The minimum absolute atomic E-state index is 0.250. The molecule has 0 radical (unpaired) electrons. The van der Waals surface area contributed by atoms with E-state index in [0.717, 1.165) is 5.56 Å². The first-order valence-electron chi connectivity index (χ1n) is 5.98. The van der Waals surface area contributed by atoms with E-state index < -0.39 is 5.41 Å². The summed E-state index contributed by atoms with van der Waals surface area (Å²) in [5.41, 5.74) is 0.632. The van der Waals surface area contributed by atoms with Crippen LogP contribution in [-0.2, 0) is 4.79 Å². The molecule has 0 fully saturated rings. The van der Waals surface area contributed by atoms with E-state index in [2.05, 4.69) is 11.4 Å². The Morgan fingerprint density at radius 1 is 1.44 bits per heavy atom. The molecule has 0 saturated heterocycles. The highest BCUT2D eigenvalue weighted by atomic mass is 35.5. The second-order valence-corrected chi connectivity index (χ2v) is 4.75. The smallest absolute Gasteiger partial charge is 0.244 e. The second-order valence-electron chi connectivity index (χ2n) is 4.31. The van der Waals surface area contributed by atoms with Gasteiger partial charge >= 0.3 is 0 Å². The molecule has 3 nitrogen and oxygen atoms in total. The van der Waals surface area contributed by atoms with Crippen molar-refractivity contribution < 1.29 is 4.79 Å². The molecular weight excluding hydrogens is 248 g/mol. The molecular formula is C14H17ClN2O. The lowest BCUT2D eigenvalue weighted by Gasteiger charge is -2.22. The van der Waals surface area contributed by atoms with Crippen LogP contribution in [0.5, 0.6) is 0 Å². The number of hydrogen-bond donors (Lipinski definition) is 1. The van der Waals surface area contributed by atoms with E-state index in [1.807, 2.05) is 20.8 Å². The van der Waals surface area contributed by atoms with Crippen LogP contribution in [0, 0.1) is 23.7 Å². The molecule has 0 aliphatic heterocycles. The van der Waals surface area contributed by atoms with Crippen LogP contribution in [-0.4, -0.2) is 5.91 Å². The number of nitrogens with zero attached hydrogens (tertiary/aromatic N) is 1. The zero-order chi connectivity index (χ0) is 13.8. The maximum absolute atomic E-state index is 12.2. The van der Waals surface area contributed by atoms with Gasteiger partial charge in [-0.2, -0.15) is 5.26 Å². The molecule has 0 unspecified atom stereocenters. The molecule has 0 bridgehead atoms. The Morgan fingerprint density at radius 2 is 2.06 bits per heavy atom. The number of amides is 1.